The molecule has 0 fully saturated rings. The Morgan fingerprint density at radius 3 is 1.88 bits per heavy atom. The topological polar surface area (TPSA) is 26.3 Å². The molecule has 0 unspecified atom stereocenters. The first-order chi connectivity index (χ1) is 16.1. The number of hydrogen-bond acceptors (Lipinski definition) is 2. The highest BCUT2D eigenvalue weighted by Gasteiger charge is 2.10. The third-order valence-corrected chi connectivity index (χ3v) is 5.84. The second-order valence-corrected chi connectivity index (χ2v) is 8.25. The van der Waals surface area contributed by atoms with Crippen LogP contribution in [0.1, 0.15) is 24.5 Å². The van der Waals surface area contributed by atoms with Crippen molar-refractivity contribution >= 4 is 22.8 Å². The predicted octanol–water partition coefficient (Wildman–Crippen LogP) is 7.87. The van der Waals surface area contributed by atoms with Gasteiger partial charge in [-0.25, -0.2) is 4.79 Å². The van der Waals surface area contributed by atoms with E-state index >= 15 is 0 Å². The van der Waals surface area contributed by atoms with Gasteiger partial charge in [0.1, 0.15) is 0 Å². The summed E-state index contributed by atoms with van der Waals surface area (Å²) in [5.41, 5.74) is 7.63. The molecule has 0 aliphatic carbocycles. The Bertz CT molecular complexity index is 1300. The summed E-state index contributed by atoms with van der Waals surface area (Å²) in [6.45, 7) is 9.52. The average molecular weight is 433 g/mol. The summed E-state index contributed by atoms with van der Waals surface area (Å²) in [5, 5.41) is 2.48. The van der Waals surface area contributed by atoms with Crippen LogP contribution in [0.4, 0.5) is 0 Å². The summed E-state index contributed by atoms with van der Waals surface area (Å²) in [5.74, 6) is -0.322. The summed E-state index contributed by atoms with van der Waals surface area (Å²) < 4.78 is 5.18. The van der Waals surface area contributed by atoms with Gasteiger partial charge in [-0.2, -0.15) is 0 Å². The Hall–Kier alpha value is -3.91. The Morgan fingerprint density at radius 1 is 0.818 bits per heavy atom. The maximum atomic E-state index is 11.5. The lowest BCUT2D eigenvalue weighted by Gasteiger charge is -2.13. The van der Waals surface area contributed by atoms with Crippen LogP contribution in [0.25, 0.3) is 39.1 Å². The number of carbonyl (C=O) groups excluding carboxylic acids is 1. The summed E-state index contributed by atoms with van der Waals surface area (Å²) in [6.07, 6.45) is 3.52. The van der Waals surface area contributed by atoms with Crippen LogP contribution in [-0.2, 0) is 16.0 Å². The minimum Gasteiger partial charge on any atom is -0.462 e. The molecule has 0 N–H and O–H groups in total. The van der Waals surface area contributed by atoms with Crippen molar-refractivity contribution in [1.29, 1.82) is 0 Å². The van der Waals surface area contributed by atoms with Crippen LogP contribution in [0.3, 0.4) is 0 Å². The standard InChI is InChI=1S/C31H28O2/c1-4-23-11-15-25(16-12-23)27-19-20-28(30-10-6-5-9-29(27)30)26-17-13-24(14-18-26)8-7-21-33-31(32)22(2)3/h4-6,9-20H,1-2,7-8,21H2,3H3. The van der Waals surface area contributed by atoms with Gasteiger partial charge in [0.05, 0.1) is 6.61 Å². The normalized spacial score (nSPS) is 10.7. The van der Waals surface area contributed by atoms with Crippen LogP contribution in [0.2, 0.25) is 0 Å². The molecule has 0 heterocycles. The van der Waals surface area contributed by atoms with E-state index in [0.717, 1.165) is 18.4 Å². The number of ether oxygens (including phenoxy) is 1. The van der Waals surface area contributed by atoms with E-state index in [0.29, 0.717) is 12.2 Å². The van der Waals surface area contributed by atoms with Gasteiger partial charge >= 0.3 is 5.97 Å². The largest absolute Gasteiger partial charge is 0.462 e. The molecule has 0 saturated carbocycles. The lowest BCUT2D eigenvalue weighted by Crippen LogP contribution is -2.06. The zero-order chi connectivity index (χ0) is 23.2. The van der Waals surface area contributed by atoms with Gasteiger partial charge in [-0.3, -0.25) is 0 Å². The number of carbonyl (C=O) groups is 1. The van der Waals surface area contributed by atoms with E-state index in [-0.39, 0.29) is 5.97 Å². The molecule has 0 saturated heterocycles. The van der Waals surface area contributed by atoms with Crippen LogP contribution < -0.4 is 0 Å². The molecule has 0 amide bonds. The van der Waals surface area contributed by atoms with Crippen molar-refractivity contribution in [2.45, 2.75) is 19.8 Å². The van der Waals surface area contributed by atoms with E-state index in [1.165, 1.54) is 38.6 Å². The van der Waals surface area contributed by atoms with Gasteiger partial charge in [-0.15, -0.1) is 0 Å². The molecule has 0 spiro atoms. The van der Waals surface area contributed by atoms with Gasteiger partial charge in [-0.05, 0) is 63.9 Å². The first kappa shape index (κ1) is 22.3. The molecule has 0 aliphatic heterocycles. The van der Waals surface area contributed by atoms with Crippen LogP contribution in [0.5, 0.6) is 0 Å². The molecule has 0 radical (unpaired) electrons. The third-order valence-electron chi connectivity index (χ3n) is 5.84. The maximum absolute atomic E-state index is 11.5. The monoisotopic (exact) mass is 432 g/mol. The van der Waals surface area contributed by atoms with Crippen LogP contribution in [0.15, 0.2) is 104 Å². The molecule has 0 atom stereocenters. The van der Waals surface area contributed by atoms with Crippen LogP contribution >= 0.6 is 0 Å². The molecule has 0 bridgehead atoms. The van der Waals surface area contributed by atoms with Gasteiger partial charge in [0.2, 0.25) is 0 Å². The van der Waals surface area contributed by atoms with E-state index in [1.54, 1.807) is 6.92 Å². The molecule has 4 aromatic rings. The zero-order valence-corrected chi connectivity index (χ0v) is 19.0. The Labute approximate surface area is 195 Å². The van der Waals surface area contributed by atoms with Gasteiger partial charge in [0, 0.05) is 5.57 Å². The molecule has 0 aromatic heterocycles. The average Bonchev–Trinajstić information content (AvgIpc) is 2.86. The zero-order valence-electron chi connectivity index (χ0n) is 19.0. The molecule has 4 aromatic carbocycles. The second kappa shape index (κ2) is 10.1. The van der Waals surface area contributed by atoms with Gasteiger partial charge in [0.15, 0.2) is 0 Å². The number of rotatable bonds is 8. The highest BCUT2D eigenvalue weighted by atomic mass is 16.5. The molecule has 2 heteroatoms. The van der Waals surface area contributed by atoms with Crippen molar-refractivity contribution in [3.8, 4) is 22.3 Å². The quantitative estimate of drug-likeness (QED) is 0.161. The van der Waals surface area contributed by atoms with Gasteiger partial charge in [-0.1, -0.05) is 104 Å². The van der Waals surface area contributed by atoms with Crippen LogP contribution in [0, 0.1) is 0 Å². The summed E-state index contributed by atoms with van der Waals surface area (Å²) >= 11 is 0. The second-order valence-electron chi connectivity index (χ2n) is 8.25. The highest BCUT2D eigenvalue weighted by molar-refractivity contribution is 6.04. The molecule has 164 valence electrons. The van der Waals surface area contributed by atoms with Gasteiger partial charge in [0.25, 0.3) is 0 Å². The molecular weight excluding hydrogens is 404 g/mol. The minimum absolute atomic E-state index is 0.322. The van der Waals surface area contributed by atoms with E-state index in [9.17, 15) is 4.79 Å². The Kier molecular flexibility index (Phi) is 6.85. The van der Waals surface area contributed by atoms with Crippen molar-refractivity contribution in [1.82, 2.24) is 0 Å². The maximum Gasteiger partial charge on any atom is 0.333 e. The molecule has 2 nitrogen and oxygen atoms in total. The van der Waals surface area contributed by atoms with Crippen molar-refractivity contribution < 1.29 is 9.53 Å². The van der Waals surface area contributed by atoms with E-state index in [1.807, 2.05) is 6.08 Å². The van der Waals surface area contributed by atoms with Crippen molar-refractivity contribution in [3.05, 3.63) is 115 Å². The van der Waals surface area contributed by atoms with E-state index < -0.39 is 0 Å². The first-order valence-electron chi connectivity index (χ1n) is 11.2. The lowest BCUT2D eigenvalue weighted by molar-refractivity contribution is -0.139. The number of benzene rings is 4. The number of esters is 1. The third kappa shape index (κ3) is 5.12. The summed E-state index contributed by atoms with van der Waals surface area (Å²) in [6, 6.07) is 30.2. The van der Waals surface area contributed by atoms with E-state index in [4.69, 9.17) is 4.74 Å². The number of fused-ring (bicyclic) bond motifs is 1. The Balaban J connectivity index is 1.55. The SMILES string of the molecule is C=Cc1ccc(-c2ccc(-c3ccc(CCCOC(=O)C(=C)C)cc3)c3ccccc23)cc1. The smallest absolute Gasteiger partial charge is 0.333 e. The number of aryl methyl sites for hydroxylation is 1. The van der Waals surface area contributed by atoms with Crippen molar-refractivity contribution in [3.63, 3.8) is 0 Å². The molecule has 33 heavy (non-hydrogen) atoms. The van der Waals surface area contributed by atoms with Crippen LogP contribution in [-0.4, -0.2) is 12.6 Å². The fourth-order valence-electron chi connectivity index (χ4n) is 4.02. The van der Waals surface area contributed by atoms with Crippen molar-refractivity contribution in [2.75, 3.05) is 6.61 Å². The fourth-order valence-corrected chi connectivity index (χ4v) is 4.02. The summed E-state index contributed by atoms with van der Waals surface area (Å²) in [7, 11) is 0. The predicted molar refractivity (Wildman–Crippen MR) is 139 cm³/mol. The lowest BCUT2D eigenvalue weighted by atomic mass is 9.91. The van der Waals surface area contributed by atoms with Crippen molar-refractivity contribution in [2.24, 2.45) is 0 Å². The summed E-state index contributed by atoms with van der Waals surface area (Å²) in [4.78, 5) is 11.5. The molecular formula is C31H28O2. The highest BCUT2D eigenvalue weighted by Crippen LogP contribution is 2.35. The fraction of sp³-hybridized carbons (Fsp3) is 0.129. The molecule has 0 aliphatic rings. The van der Waals surface area contributed by atoms with E-state index in [2.05, 4.69) is 98.1 Å². The number of hydrogen-bond donors (Lipinski definition) is 0. The van der Waals surface area contributed by atoms with Gasteiger partial charge < -0.3 is 4.74 Å². The Morgan fingerprint density at radius 2 is 1.36 bits per heavy atom. The molecule has 4 rings (SSSR count). The first-order valence-corrected chi connectivity index (χ1v) is 11.2. The minimum atomic E-state index is -0.322.